The Labute approximate surface area is 414 Å². The fourth-order valence-corrected chi connectivity index (χ4v) is 7.94. The minimum atomic E-state index is -0.794. The van der Waals surface area contributed by atoms with Crippen molar-refractivity contribution in [3.8, 4) is 0 Å². The third kappa shape index (κ3) is 53.7. The molecule has 6 heteroatoms. The minimum absolute atomic E-state index is 0.0895. The number of allylic oxidation sites excluding steroid dienone is 12. The minimum Gasteiger partial charge on any atom is -0.462 e. The fourth-order valence-electron chi connectivity index (χ4n) is 7.94. The van der Waals surface area contributed by atoms with E-state index < -0.39 is 6.10 Å². The van der Waals surface area contributed by atoms with Crippen LogP contribution in [0.4, 0.5) is 0 Å². The molecule has 0 amide bonds. The molecule has 0 aromatic rings. The van der Waals surface area contributed by atoms with E-state index in [2.05, 4.69) is 93.7 Å². The van der Waals surface area contributed by atoms with Crippen LogP contribution in [0.15, 0.2) is 72.9 Å². The van der Waals surface area contributed by atoms with Gasteiger partial charge in [0, 0.05) is 19.3 Å². The molecular weight excluding hydrogens is 829 g/mol. The maximum atomic E-state index is 12.8. The average molecular weight is 936 g/mol. The van der Waals surface area contributed by atoms with Crippen LogP contribution in [0.5, 0.6) is 0 Å². The van der Waals surface area contributed by atoms with Crippen LogP contribution in [-0.4, -0.2) is 37.2 Å². The second kappa shape index (κ2) is 55.4. The zero-order valence-corrected chi connectivity index (χ0v) is 44.2. The number of unbranched alkanes of at least 4 members (excludes halogenated alkanes) is 28. The van der Waals surface area contributed by atoms with Crippen molar-refractivity contribution in [2.45, 2.75) is 284 Å². The monoisotopic (exact) mass is 935 g/mol. The average Bonchev–Trinajstić information content (AvgIpc) is 3.33. The smallest absolute Gasteiger partial charge is 0.306 e. The molecule has 6 nitrogen and oxygen atoms in total. The lowest BCUT2D eigenvalue weighted by Gasteiger charge is -2.18. The van der Waals surface area contributed by atoms with Crippen LogP contribution >= 0.6 is 0 Å². The van der Waals surface area contributed by atoms with E-state index in [9.17, 15) is 14.4 Å². The Morgan fingerprint density at radius 1 is 0.313 bits per heavy atom. The van der Waals surface area contributed by atoms with E-state index in [0.29, 0.717) is 12.8 Å². The topological polar surface area (TPSA) is 78.9 Å². The Kier molecular flexibility index (Phi) is 52.8. The zero-order chi connectivity index (χ0) is 48.6. The summed E-state index contributed by atoms with van der Waals surface area (Å²) in [6.07, 6.45) is 70.5. The Balaban J connectivity index is 4.34. The van der Waals surface area contributed by atoms with Crippen molar-refractivity contribution in [3.63, 3.8) is 0 Å². The van der Waals surface area contributed by atoms with Crippen LogP contribution < -0.4 is 0 Å². The van der Waals surface area contributed by atoms with Gasteiger partial charge < -0.3 is 14.2 Å². The van der Waals surface area contributed by atoms with Gasteiger partial charge in [-0.2, -0.15) is 0 Å². The Bertz CT molecular complexity index is 1260. The summed E-state index contributed by atoms with van der Waals surface area (Å²) in [6, 6.07) is 0. The van der Waals surface area contributed by atoms with Gasteiger partial charge in [0.15, 0.2) is 6.10 Å². The molecule has 386 valence electrons. The SMILES string of the molecule is CC/C=C\C/C=C\C/C=C\C/C=C\C/C=C\CCCCCC(=O)OC(COC(=O)CCCCCCC/C=C\CCC)COC(=O)CCCCCCCCCCCCCCCCCCCCCC. The molecule has 0 fully saturated rings. The van der Waals surface area contributed by atoms with Gasteiger partial charge in [0.1, 0.15) is 13.2 Å². The summed E-state index contributed by atoms with van der Waals surface area (Å²) >= 11 is 0. The summed E-state index contributed by atoms with van der Waals surface area (Å²) in [5.41, 5.74) is 0. The molecular formula is C61H106O6. The molecule has 0 aliphatic heterocycles. The van der Waals surface area contributed by atoms with Crippen LogP contribution in [0.3, 0.4) is 0 Å². The number of hydrogen-bond donors (Lipinski definition) is 0. The molecule has 0 spiro atoms. The van der Waals surface area contributed by atoms with Crippen molar-refractivity contribution in [3.05, 3.63) is 72.9 Å². The van der Waals surface area contributed by atoms with Crippen LogP contribution in [-0.2, 0) is 28.6 Å². The molecule has 0 saturated carbocycles. The van der Waals surface area contributed by atoms with Crippen LogP contribution in [0.25, 0.3) is 0 Å². The van der Waals surface area contributed by atoms with Gasteiger partial charge in [-0.25, -0.2) is 0 Å². The lowest BCUT2D eigenvalue weighted by molar-refractivity contribution is -0.167. The third-order valence-corrected chi connectivity index (χ3v) is 12.2. The lowest BCUT2D eigenvalue weighted by Crippen LogP contribution is -2.30. The molecule has 1 unspecified atom stereocenters. The molecule has 0 aromatic carbocycles. The van der Waals surface area contributed by atoms with E-state index in [4.69, 9.17) is 14.2 Å². The Morgan fingerprint density at radius 2 is 0.612 bits per heavy atom. The molecule has 0 saturated heterocycles. The quantitative estimate of drug-likeness (QED) is 0.0262. The molecule has 0 aromatic heterocycles. The van der Waals surface area contributed by atoms with E-state index in [1.54, 1.807) is 0 Å². The predicted molar refractivity (Wildman–Crippen MR) is 288 cm³/mol. The lowest BCUT2D eigenvalue weighted by atomic mass is 10.0. The molecule has 0 radical (unpaired) electrons. The summed E-state index contributed by atoms with van der Waals surface area (Å²) in [6.45, 7) is 6.45. The van der Waals surface area contributed by atoms with Crippen molar-refractivity contribution in [1.29, 1.82) is 0 Å². The standard InChI is InChI=1S/C61H106O6/c1-4-7-10-13-16-19-22-24-26-28-30-32-33-35-37-39-42-45-48-51-54-60(63)66-57-58(56-65-59(62)53-50-47-44-41-21-18-15-12-9-6-3)67-61(64)55-52-49-46-43-40-38-36-34-31-29-27-25-23-20-17-14-11-8-5-2/h8,11-12,15,17,20,25,27,31,34,38,40,58H,4-7,9-10,13-14,16,18-19,21-24,26,28-30,32-33,35-37,39,41-57H2,1-3H3/b11-8-,15-12-,20-17-,27-25-,34-31-,40-38-. The highest BCUT2D eigenvalue weighted by Crippen LogP contribution is 2.16. The van der Waals surface area contributed by atoms with Crippen molar-refractivity contribution < 1.29 is 28.6 Å². The van der Waals surface area contributed by atoms with Gasteiger partial charge in [0.2, 0.25) is 0 Å². The highest BCUT2D eigenvalue weighted by atomic mass is 16.6. The van der Waals surface area contributed by atoms with E-state index in [0.717, 1.165) is 116 Å². The van der Waals surface area contributed by atoms with Gasteiger partial charge in [0.25, 0.3) is 0 Å². The molecule has 0 rings (SSSR count). The van der Waals surface area contributed by atoms with Crippen molar-refractivity contribution in [2.24, 2.45) is 0 Å². The number of ether oxygens (including phenoxy) is 3. The molecule has 0 aliphatic carbocycles. The van der Waals surface area contributed by atoms with Crippen LogP contribution in [0.1, 0.15) is 278 Å². The summed E-state index contributed by atoms with van der Waals surface area (Å²) in [4.78, 5) is 38.0. The first-order chi connectivity index (χ1) is 33.0. The largest absolute Gasteiger partial charge is 0.462 e. The number of carbonyl (C=O) groups excluding carboxylic acids is 3. The predicted octanol–water partition coefficient (Wildman–Crippen LogP) is 19.0. The number of rotatable bonds is 51. The normalized spacial score (nSPS) is 12.6. The van der Waals surface area contributed by atoms with Gasteiger partial charge in [-0.05, 0) is 83.5 Å². The molecule has 0 heterocycles. The number of hydrogen-bond acceptors (Lipinski definition) is 6. The molecule has 0 aliphatic rings. The molecule has 0 N–H and O–H groups in total. The molecule has 1 atom stereocenters. The van der Waals surface area contributed by atoms with Crippen LogP contribution in [0.2, 0.25) is 0 Å². The Hall–Kier alpha value is -3.15. The van der Waals surface area contributed by atoms with E-state index in [-0.39, 0.29) is 37.5 Å². The van der Waals surface area contributed by atoms with Crippen molar-refractivity contribution in [2.75, 3.05) is 13.2 Å². The van der Waals surface area contributed by atoms with Crippen molar-refractivity contribution >= 4 is 17.9 Å². The van der Waals surface area contributed by atoms with Crippen molar-refractivity contribution in [1.82, 2.24) is 0 Å². The fraction of sp³-hybridized carbons (Fsp3) is 0.754. The summed E-state index contributed by atoms with van der Waals surface area (Å²) in [7, 11) is 0. The molecule has 67 heavy (non-hydrogen) atoms. The first-order valence-corrected chi connectivity index (χ1v) is 28.4. The maximum Gasteiger partial charge on any atom is 0.306 e. The van der Waals surface area contributed by atoms with Gasteiger partial charge >= 0.3 is 17.9 Å². The first-order valence-electron chi connectivity index (χ1n) is 28.4. The second-order valence-corrected chi connectivity index (χ2v) is 18.8. The third-order valence-electron chi connectivity index (χ3n) is 12.2. The summed E-state index contributed by atoms with van der Waals surface area (Å²) in [5, 5.41) is 0. The van der Waals surface area contributed by atoms with Gasteiger partial charge in [-0.3, -0.25) is 14.4 Å². The van der Waals surface area contributed by atoms with E-state index >= 15 is 0 Å². The van der Waals surface area contributed by atoms with Gasteiger partial charge in [0.05, 0.1) is 0 Å². The zero-order valence-electron chi connectivity index (χ0n) is 44.2. The second-order valence-electron chi connectivity index (χ2n) is 18.8. The maximum absolute atomic E-state index is 12.8. The number of esters is 3. The number of carbonyl (C=O) groups is 3. The summed E-state index contributed by atoms with van der Waals surface area (Å²) < 4.78 is 16.8. The highest BCUT2D eigenvalue weighted by Gasteiger charge is 2.19. The van der Waals surface area contributed by atoms with E-state index in [1.807, 2.05) is 0 Å². The van der Waals surface area contributed by atoms with Gasteiger partial charge in [-0.15, -0.1) is 0 Å². The highest BCUT2D eigenvalue weighted by molar-refractivity contribution is 5.71. The van der Waals surface area contributed by atoms with Crippen LogP contribution in [0, 0.1) is 0 Å². The molecule has 0 bridgehead atoms. The van der Waals surface area contributed by atoms with E-state index in [1.165, 1.54) is 122 Å². The summed E-state index contributed by atoms with van der Waals surface area (Å²) in [5.74, 6) is -0.925. The Morgan fingerprint density at radius 3 is 1.00 bits per heavy atom. The van der Waals surface area contributed by atoms with Gasteiger partial charge in [-0.1, -0.05) is 248 Å². The first kappa shape index (κ1) is 63.8.